The maximum absolute atomic E-state index is 5.64. The van der Waals surface area contributed by atoms with Gasteiger partial charge in [0.15, 0.2) is 0 Å². The van der Waals surface area contributed by atoms with Crippen LogP contribution in [-0.4, -0.2) is 30.0 Å². The third kappa shape index (κ3) is 4.90. The molecule has 3 N–H and O–H groups in total. The summed E-state index contributed by atoms with van der Waals surface area (Å²) in [5.41, 5.74) is 6.99. The Labute approximate surface area is 120 Å². The Morgan fingerprint density at radius 1 is 1.10 bits per heavy atom. The van der Waals surface area contributed by atoms with Gasteiger partial charge >= 0.3 is 0 Å². The summed E-state index contributed by atoms with van der Waals surface area (Å²) in [5.74, 6) is 1.40. The fourth-order valence-electron chi connectivity index (χ4n) is 2.09. The molecular weight excluding hydrogens is 248 g/mol. The van der Waals surface area contributed by atoms with Crippen molar-refractivity contribution in [3.8, 4) is 0 Å². The number of nitrogens with zero attached hydrogens (tertiary/aromatic N) is 2. The quantitative estimate of drug-likeness (QED) is 0.759. The Bertz CT molecular complexity index is 513. The first-order chi connectivity index (χ1) is 9.74. The van der Waals surface area contributed by atoms with Crippen molar-refractivity contribution in [2.45, 2.75) is 13.0 Å². The molecule has 0 bridgehead atoms. The van der Waals surface area contributed by atoms with E-state index in [9.17, 15) is 0 Å². The zero-order chi connectivity index (χ0) is 14.2. The number of benzene rings is 1. The van der Waals surface area contributed by atoms with Gasteiger partial charge in [-0.3, -0.25) is 0 Å². The van der Waals surface area contributed by atoms with E-state index in [1.54, 1.807) is 6.07 Å². The van der Waals surface area contributed by atoms with Crippen molar-refractivity contribution in [2.24, 2.45) is 0 Å². The second-order valence-electron chi connectivity index (χ2n) is 4.95. The second kappa shape index (κ2) is 7.50. The van der Waals surface area contributed by atoms with E-state index in [1.165, 1.54) is 5.56 Å². The number of anilines is 2. The number of rotatable bonds is 7. The number of nitrogens with two attached hydrogens (primary N) is 1. The van der Waals surface area contributed by atoms with Crippen LogP contribution in [0.1, 0.15) is 12.0 Å². The first-order valence-corrected chi connectivity index (χ1v) is 6.93. The average Bonchev–Trinajstić information content (AvgIpc) is 2.45. The predicted molar refractivity (Wildman–Crippen MR) is 84.5 cm³/mol. The van der Waals surface area contributed by atoms with Gasteiger partial charge in [0.1, 0.15) is 11.6 Å². The van der Waals surface area contributed by atoms with E-state index in [0.717, 1.165) is 31.9 Å². The summed E-state index contributed by atoms with van der Waals surface area (Å²) in [6.45, 7) is 2.93. The van der Waals surface area contributed by atoms with E-state index < -0.39 is 0 Å². The van der Waals surface area contributed by atoms with Crippen molar-refractivity contribution < 1.29 is 0 Å². The fourth-order valence-corrected chi connectivity index (χ4v) is 2.09. The average molecular weight is 270 g/mol. The molecule has 0 aliphatic carbocycles. The molecule has 0 saturated heterocycles. The summed E-state index contributed by atoms with van der Waals surface area (Å²) in [7, 11) is 2.14. The highest BCUT2D eigenvalue weighted by atomic mass is 15.1. The van der Waals surface area contributed by atoms with Crippen molar-refractivity contribution in [3.05, 3.63) is 54.1 Å². The van der Waals surface area contributed by atoms with Crippen molar-refractivity contribution in [1.82, 2.24) is 9.88 Å². The normalized spacial score (nSPS) is 10.7. The first-order valence-electron chi connectivity index (χ1n) is 6.93. The van der Waals surface area contributed by atoms with Gasteiger partial charge in [-0.25, -0.2) is 4.98 Å². The smallest absolute Gasteiger partial charge is 0.128 e. The molecule has 1 aromatic heterocycles. The van der Waals surface area contributed by atoms with Crippen LogP contribution in [0.3, 0.4) is 0 Å². The number of nitrogens with one attached hydrogen (secondary N) is 1. The van der Waals surface area contributed by atoms with Gasteiger partial charge < -0.3 is 16.0 Å². The van der Waals surface area contributed by atoms with Crippen molar-refractivity contribution in [1.29, 1.82) is 0 Å². The largest absolute Gasteiger partial charge is 0.384 e. The molecule has 0 aliphatic rings. The molecule has 2 aromatic rings. The minimum absolute atomic E-state index is 0.552. The minimum Gasteiger partial charge on any atom is -0.384 e. The Hall–Kier alpha value is -2.07. The highest BCUT2D eigenvalue weighted by Crippen LogP contribution is 2.06. The lowest BCUT2D eigenvalue weighted by Gasteiger charge is -2.16. The van der Waals surface area contributed by atoms with Crippen LogP contribution in [0.15, 0.2) is 48.5 Å². The third-order valence-corrected chi connectivity index (χ3v) is 3.09. The van der Waals surface area contributed by atoms with Crippen LogP contribution in [0.2, 0.25) is 0 Å². The Morgan fingerprint density at radius 2 is 1.90 bits per heavy atom. The SMILES string of the molecule is CN(CCCNc1cccc(N)n1)Cc1ccccc1. The van der Waals surface area contributed by atoms with Gasteiger partial charge in [0.2, 0.25) is 0 Å². The fraction of sp³-hybridized carbons (Fsp3) is 0.312. The molecule has 0 aliphatic heterocycles. The van der Waals surface area contributed by atoms with Gasteiger partial charge in [-0.1, -0.05) is 36.4 Å². The van der Waals surface area contributed by atoms with Crippen molar-refractivity contribution >= 4 is 11.6 Å². The Balaban J connectivity index is 1.66. The molecule has 4 nitrogen and oxygen atoms in total. The molecule has 0 atom stereocenters. The first kappa shape index (κ1) is 14.3. The van der Waals surface area contributed by atoms with Gasteiger partial charge in [0, 0.05) is 13.1 Å². The van der Waals surface area contributed by atoms with E-state index in [1.807, 2.05) is 18.2 Å². The molecule has 0 spiro atoms. The number of nitrogen functional groups attached to an aromatic ring is 1. The molecule has 2 rings (SSSR count). The highest BCUT2D eigenvalue weighted by Gasteiger charge is 2.00. The summed E-state index contributed by atoms with van der Waals surface area (Å²) < 4.78 is 0. The summed E-state index contributed by atoms with van der Waals surface area (Å²) in [4.78, 5) is 6.53. The molecular formula is C16H22N4. The molecule has 0 amide bonds. The van der Waals surface area contributed by atoms with Crippen LogP contribution < -0.4 is 11.1 Å². The van der Waals surface area contributed by atoms with Crippen molar-refractivity contribution in [3.63, 3.8) is 0 Å². The van der Waals surface area contributed by atoms with Crippen LogP contribution in [0.5, 0.6) is 0 Å². The maximum atomic E-state index is 5.64. The van der Waals surface area contributed by atoms with Crippen LogP contribution in [0.25, 0.3) is 0 Å². The highest BCUT2D eigenvalue weighted by molar-refractivity contribution is 5.41. The number of aromatic nitrogens is 1. The van der Waals surface area contributed by atoms with Crippen LogP contribution in [0.4, 0.5) is 11.6 Å². The van der Waals surface area contributed by atoms with Gasteiger partial charge in [0.25, 0.3) is 0 Å². The number of hydrogen-bond donors (Lipinski definition) is 2. The maximum Gasteiger partial charge on any atom is 0.128 e. The molecule has 1 heterocycles. The van der Waals surface area contributed by atoms with Crippen LogP contribution >= 0.6 is 0 Å². The monoisotopic (exact) mass is 270 g/mol. The van der Waals surface area contributed by atoms with Gasteiger partial charge in [-0.2, -0.15) is 0 Å². The second-order valence-corrected chi connectivity index (χ2v) is 4.95. The lowest BCUT2D eigenvalue weighted by atomic mass is 10.2. The molecule has 0 fully saturated rings. The minimum atomic E-state index is 0.552. The number of pyridine rings is 1. The predicted octanol–water partition coefficient (Wildman–Crippen LogP) is 2.60. The summed E-state index contributed by atoms with van der Waals surface area (Å²) in [5, 5.41) is 3.29. The van der Waals surface area contributed by atoms with E-state index in [2.05, 4.69) is 46.5 Å². The lowest BCUT2D eigenvalue weighted by Crippen LogP contribution is -2.21. The molecule has 0 unspecified atom stereocenters. The van der Waals surface area contributed by atoms with Crippen molar-refractivity contribution in [2.75, 3.05) is 31.2 Å². The zero-order valence-electron chi connectivity index (χ0n) is 11.9. The van der Waals surface area contributed by atoms with Gasteiger partial charge in [0.05, 0.1) is 0 Å². The third-order valence-electron chi connectivity index (χ3n) is 3.09. The van der Waals surface area contributed by atoms with E-state index >= 15 is 0 Å². The Morgan fingerprint density at radius 3 is 2.65 bits per heavy atom. The topological polar surface area (TPSA) is 54.2 Å². The Kier molecular flexibility index (Phi) is 5.38. The van der Waals surface area contributed by atoms with E-state index in [-0.39, 0.29) is 0 Å². The molecule has 1 aromatic carbocycles. The molecule has 20 heavy (non-hydrogen) atoms. The van der Waals surface area contributed by atoms with E-state index in [4.69, 9.17) is 5.73 Å². The van der Waals surface area contributed by atoms with E-state index in [0.29, 0.717) is 5.82 Å². The summed E-state index contributed by atoms with van der Waals surface area (Å²) in [6.07, 6.45) is 1.07. The van der Waals surface area contributed by atoms with Gasteiger partial charge in [-0.05, 0) is 37.7 Å². The summed E-state index contributed by atoms with van der Waals surface area (Å²) in [6, 6.07) is 16.2. The lowest BCUT2D eigenvalue weighted by molar-refractivity contribution is 0.325. The molecule has 106 valence electrons. The van der Waals surface area contributed by atoms with Crippen LogP contribution in [0, 0.1) is 0 Å². The summed E-state index contributed by atoms with van der Waals surface area (Å²) >= 11 is 0. The molecule has 0 saturated carbocycles. The zero-order valence-corrected chi connectivity index (χ0v) is 11.9. The van der Waals surface area contributed by atoms with Crippen LogP contribution in [-0.2, 0) is 6.54 Å². The molecule has 0 radical (unpaired) electrons. The number of hydrogen-bond acceptors (Lipinski definition) is 4. The van der Waals surface area contributed by atoms with Gasteiger partial charge in [-0.15, -0.1) is 0 Å². The molecule has 4 heteroatoms. The standard InChI is InChI=1S/C16H22N4/c1-20(13-14-7-3-2-4-8-14)12-6-11-18-16-10-5-9-15(17)19-16/h2-5,7-10H,6,11-13H2,1H3,(H3,17,18,19).